The number of urea groups is 1. The van der Waals surface area contributed by atoms with Crippen molar-refractivity contribution < 1.29 is 9.53 Å². The van der Waals surface area contributed by atoms with E-state index in [0.29, 0.717) is 18.8 Å². The first-order chi connectivity index (χ1) is 15.7. The lowest BCUT2D eigenvalue weighted by atomic mass is 9.87. The molecule has 7 nitrogen and oxygen atoms in total. The molecule has 7 heteroatoms. The van der Waals surface area contributed by atoms with Crippen LogP contribution >= 0.6 is 0 Å². The Hall–Kier alpha value is -3.87. The number of carbonyl (C=O) groups is 1. The fourth-order valence-electron chi connectivity index (χ4n) is 3.99. The van der Waals surface area contributed by atoms with Gasteiger partial charge in [0.15, 0.2) is 0 Å². The molecule has 4 N–H and O–H groups in total. The van der Waals surface area contributed by atoms with Gasteiger partial charge in [-0.2, -0.15) is 0 Å². The summed E-state index contributed by atoms with van der Waals surface area (Å²) in [6.07, 6.45) is 5.54. The number of amides is 2. The van der Waals surface area contributed by atoms with Crippen LogP contribution in [0.1, 0.15) is 28.7 Å². The number of ether oxygens (including phenoxy) is 1. The summed E-state index contributed by atoms with van der Waals surface area (Å²) in [4.78, 5) is 16.9. The first kappa shape index (κ1) is 21.4. The van der Waals surface area contributed by atoms with Gasteiger partial charge in [-0.1, -0.05) is 30.3 Å². The van der Waals surface area contributed by atoms with E-state index in [4.69, 9.17) is 10.1 Å². The Morgan fingerprint density at radius 2 is 1.97 bits per heavy atom. The van der Waals surface area contributed by atoms with Crippen LogP contribution in [0.3, 0.4) is 0 Å². The zero-order valence-electron chi connectivity index (χ0n) is 18.0. The van der Waals surface area contributed by atoms with Gasteiger partial charge in [-0.3, -0.25) is 0 Å². The van der Waals surface area contributed by atoms with Crippen LogP contribution in [0.25, 0.3) is 0 Å². The topological polar surface area (TPSA) is 99.1 Å². The van der Waals surface area contributed by atoms with E-state index in [-0.39, 0.29) is 12.1 Å². The fourth-order valence-corrected chi connectivity index (χ4v) is 3.99. The average molecular weight is 430 g/mol. The van der Waals surface area contributed by atoms with E-state index in [1.54, 1.807) is 7.11 Å². The summed E-state index contributed by atoms with van der Waals surface area (Å²) in [5.74, 6) is 1.53. The summed E-state index contributed by atoms with van der Waals surface area (Å²) >= 11 is 0. The number of carbonyl (C=O) groups excluding carboxylic acids is 1. The predicted molar refractivity (Wildman–Crippen MR) is 127 cm³/mol. The highest BCUT2D eigenvalue weighted by atomic mass is 16.5. The van der Waals surface area contributed by atoms with Crippen LogP contribution in [-0.4, -0.2) is 30.4 Å². The molecule has 0 aliphatic heterocycles. The number of anilines is 2. The highest BCUT2D eigenvalue weighted by molar-refractivity contribution is 5.89. The number of nitrogens with one attached hydrogen (secondary N) is 4. The Balaban J connectivity index is 1.40. The molecule has 1 heterocycles. The maximum Gasteiger partial charge on any atom is 0.319 e. The molecule has 1 atom stereocenters. The summed E-state index contributed by atoms with van der Waals surface area (Å²) in [5.41, 5.74) is 4.91. The molecule has 1 aliphatic rings. The van der Waals surface area contributed by atoms with Crippen molar-refractivity contribution in [2.24, 2.45) is 0 Å². The van der Waals surface area contributed by atoms with Crippen LogP contribution in [0.15, 0.2) is 60.8 Å². The molecule has 0 saturated carbocycles. The maximum atomic E-state index is 12.3. The standard InChI is InChI=1S/C25H27N5O2/c1-32-21-10-7-17(8-11-21)15-27-24-23(14-26)22-12-9-20(13-18(22)16-28-24)30-25(31)29-19-5-3-2-4-6-19/h2-8,10-11,14,16,20,26H,9,12-13,15H2,1H3,(H,27,28)(H2,29,30,31). The number of fused-ring (bicyclic) bond motifs is 1. The van der Waals surface area contributed by atoms with Crippen LogP contribution in [0.5, 0.6) is 5.75 Å². The van der Waals surface area contributed by atoms with Gasteiger partial charge >= 0.3 is 6.03 Å². The lowest BCUT2D eigenvalue weighted by Crippen LogP contribution is -2.41. The molecule has 1 unspecified atom stereocenters. The summed E-state index contributed by atoms with van der Waals surface area (Å²) < 4.78 is 5.20. The molecule has 0 fully saturated rings. The van der Waals surface area contributed by atoms with Gasteiger partial charge in [-0.25, -0.2) is 9.78 Å². The van der Waals surface area contributed by atoms with Gasteiger partial charge in [0, 0.05) is 36.2 Å². The summed E-state index contributed by atoms with van der Waals surface area (Å²) in [6.45, 7) is 0.612. The van der Waals surface area contributed by atoms with Crippen LogP contribution in [0, 0.1) is 5.41 Å². The normalized spacial score (nSPS) is 14.7. The molecule has 164 valence electrons. The number of hydrogen-bond acceptors (Lipinski definition) is 5. The van der Waals surface area contributed by atoms with Crippen LogP contribution in [0.2, 0.25) is 0 Å². The zero-order chi connectivity index (χ0) is 22.3. The third kappa shape index (κ3) is 5.06. The van der Waals surface area contributed by atoms with Gasteiger partial charge < -0.3 is 26.1 Å². The fraction of sp³-hybridized carbons (Fsp3) is 0.240. The smallest absolute Gasteiger partial charge is 0.319 e. The molecular weight excluding hydrogens is 402 g/mol. The van der Waals surface area contributed by atoms with Gasteiger partial charge in [0.2, 0.25) is 0 Å². The molecule has 3 aromatic rings. The van der Waals surface area contributed by atoms with Crippen molar-refractivity contribution in [2.45, 2.75) is 31.8 Å². The molecule has 32 heavy (non-hydrogen) atoms. The second-order valence-corrected chi connectivity index (χ2v) is 7.77. The number of hydrogen-bond donors (Lipinski definition) is 4. The average Bonchev–Trinajstić information content (AvgIpc) is 2.83. The number of para-hydroxylation sites is 1. The number of nitrogens with zero attached hydrogens (tertiary/aromatic N) is 1. The Morgan fingerprint density at radius 1 is 1.19 bits per heavy atom. The minimum absolute atomic E-state index is 0.0321. The van der Waals surface area contributed by atoms with E-state index < -0.39 is 0 Å². The van der Waals surface area contributed by atoms with E-state index in [9.17, 15) is 4.79 Å². The number of rotatable bonds is 7. The molecule has 0 radical (unpaired) electrons. The van der Waals surface area contributed by atoms with E-state index >= 15 is 0 Å². The number of benzene rings is 2. The monoisotopic (exact) mass is 429 g/mol. The van der Waals surface area contributed by atoms with Crippen LogP contribution in [0.4, 0.5) is 16.3 Å². The second-order valence-electron chi connectivity index (χ2n) is 7.77. The quantitative estimate of drug-likeness (QED) is 0.419. The minimum atomic E-state index is -0.206. The van der Waals surface area contributed by atoms with Crippen molar-refractivity contribution in [3.8, 4) is 5.75 Å². The second kappa shape index (κ2) is 9.96. The SMILES string of the molecule is COc1ccc(CNc2ncc3c(c2C=N)CCC(NC(=O)Nc2ccccc2)C3)cc1. The molecule has 0 saturated heterocycles. The zero-order valence-corrected chi connectivity index (χ0v) is 18.0. The summed E-state index contributed by atoms with van der Waals surface area (Å²) in [6, 6.07) is 17.1. The summed E-state index contributed by atoms with van der Waals surface area (Å²) in [5, 5.41) is 17.2. The Labute approximate surface area is 187 Å². The lowest BCUT2D eigenvalue weighted by Gasteiger charge is -2.27. The number of pyridine rings is 1. The first-order valence-electron chi connectivity index (χ1n) is 10.7. The van der Waals surface area contributed by atoms with Crippen molar-refractivity contribution in [1.82, 2.24) is 10.3 Å². The van der Waals surface area contributed by atoms with Crippen molar-refractivity contribution in [3.63, 3.8) is 0 Å². The number of aromatic nitrogens is 1. The molecule has 4 rings (SSSR count). The van der Waals surface area contributed by atoms with Crippen LogP contribution < -0.4 is 20.7 Å². The molecule has 2 amide bonds. The third-order valence-corrected chi connectivity index (χ3v) is 5.66. The molecular formula is C25H27N5O2. The largest absolute Gasteiger partial charge is 0.497 e. The highest BCUT2D eigenvalue weighted by Gasteiger charge is 2.24. The van der Waals surface area contributed by atoms with Crippen LogP contribution in [-0.2, 0) is 19.4 Å². The van der Waals surface area contributed by atoms with E-state index in [1.165, 1.54) is 6.21 Å². The molecule has 0 spiro atoms. The maximum absolute atomic E-state index is 12.3. The van der Waals surface area contributed by atoms with E-state index in [2.05, 4.69) is 20.9 Å². The first-order valence-corrected chi connectivity index (χ1v) is 10.7. The van der Waals surface area contributed by atoms with Crippen molar-refractivity contribution in [3.05, 3.63) is 83.0 Å². The van der Waals surface area contributed by atoms with Crippen molar-refractivity contribution >= 4 is 23.8 Å². The lowest BCUT2D eigenvalue weighted by molar-refractivity contribution is 0.247. The van der Waals surface area contributed by atoms with Gasteiger partial charge in [0.25, 0.3) is 0 Å². The molecule has 0 bridgehead atoms. The van der Waals surface area contributed by atoms with Gasteiger partial charge in [0.05, 0.1) is 7.11 Å². The third-order valence-electron chi connectivity index (χ3n) is 5.66. The van der Waals surface area contributed by atoms with Crippen molar-refractivity contribution in [1.29, 1.82) is 5.41 Å². The molecule has 1 aromatic heterocycles. The van der Waals surface area contributed by atoms with Gasteiger partial charge in [-0.15, -0.1) is 0 Å². The molecule has 1 aliphatic carbocycles. The van der Waals surface area contributed by atoms with E-state index in [0.717, 1.165) is 46.5 Å². The molecule has 2 aromatic carbocycles. The minimum Gasteiger partial charge on any atom is -0.497 e. The predicted octanol–water partition coefficient (Wildman–Crippen LogP) is 4.38. The number of methoxy groups -OCH3 is 1. The van der Waals surface area contributed by atoms with Gasteiger partial charge in [-0.05, 0) is 60.2 Å². The van der Waals surface area contributed by atoms with Gasteiger partial charge in [0.1, 0.15) is 11.6 Å². The highest BCUT2D eigenvalue weighted by Crippen LogP contribution is 2.27. The Morgan fingerprint density at radius 3 is 2.69 bits per heavy atom. The summed E-state index contributed by atoms with van der Waals surface area (Å²) in [7, 11) is 1.65. The van der Waals surface area contributed by atoms with Crippen molar-refractivity contribution in [2.75, 3.05) is 17.7 Å². The Bertz CT molecular complexity index is 1080. The Kier molecular flexibility index (Phi) is 6.65. The van der Waals surface area contributed by atoms with E-state index in [1.807, 2.05) is 60.8 Å².